The zero-order valence-electron chi connectivity index (χ0n) is 43.7. The largest absolute Gasteiger partial charge is 0.455 e. The van der Waals surface area contributed by atoms with Crippen LogP contribution >= 0.6 is 0 Å². The Balaban J connectivity index is 1.16. The van der Waals surface area contributed by atoms with Gasteiger partial charge in [0.05, 0.1) is 5.69 Å². The maximum absolute atomic E-state index is 6.80. The molecule has 11 rings (SSSR count). The van der Waals surface area contributed by atoms with E-state index in [0.717, 1.165) is 49.8 Å². The summed E-state index contributed by atoms with van der Waals surface area (Å²) in [6, 6.07) is 53.1. The molecule has 0 atom stereocenters. The van der Waals surface area contributed by atoms with E-state index >= 15 is 0 Å². The van der Waals surface area contributed by atoms with E-state index in [2.05, 4.69) is 252 Å². The van der Waals surface area contributed by atoms with Gasteiger partial charge in [-0.05, 0) is 91.5 Å². The number of anilines is 3. The number of hydrogen-bond acceptors (Lipinski definition) is 2. The molecule has 1 aromatic heterocycles. The summed E-state index contributed by atoms with van der Waals surface area (Å²) in [5, 5.41) is 7.02. The van der Waals surface area contributed by atoms with Gasteiger partial charge in [0.25, 0.3) is 0 Å². The minimum atomic E-state index is 0.886. The van der Waals surface area contributed by atoms with Crippen LogP contribution in [0.5, 0.6) is 0 Å². The van der Waals surface area contributed by atoms with Crippen molar-refractivity contribution in [3.05, 3.63) is 146 Å². The molecule has 10 aromatic carbocycles. The van der Waals surface area contributed by atoms with E-state index in [9.17, 15) is 0 Å². The van der Waals surface area contributed by atoms with Gasteiger partial charge in [-0.2, -0.15) is 0 Å². The summed E-state index contributed by atoms with van der Waals surface area (Å²) in [7, 11) is 30.4. The molecular weight excluding hydrogens is 843 g/mol. The summed E-state index contributed by atoms with van der Waals surface area (Å²) in [4.78, 5) is 2.55. The van der Waals surface area contributed by atoms with Crippen molar-refractivity contribution in [1.82, 2.24) is 0 Å². The standard InChI is InChI=1S/C56H50B13NO/c57-42-38(40-46(61)50(65)52(67)51(66)47(40)62)43(58)45(60)39(44(42)59)41-48(63)53(68)55(54(69)49(41)64)70(30-13-7-12-28(24-30)29-20-19-25-9-1-2-11-27(25)23-29)35-17-6-5-15-32(35)33-16-8-18-36-37(33)34-22-21-26-10-3-4-14-31(26)56(34)71-36/h1-24H,57-69H2. The predicted molar refractivity (Wildman–Crippen MR) is 351 cm³/mol. The SMILES string of the molecule is Bc1c(B)c(B)c(-c2c(B)c(B)c(-c3c(B)c(B)c(N(c4cccc(-c5ccc6ccccc6c5)c4)c4ccccc4-c4cccc5oc6c7ccccc7ccc6c45)c(B)c3B)c(B)c2B)c(B)c1B. The van der Waals surface area contributed by atoms with Crippen molar-refractivity contribution < 1.29 is 4.42 Å². The monoisotopic (exact) mass is 896 g/mol. The zero-order valence-corrected chi connectivity index (χ0v) is 43.7. The lowest BCUT2D eigenvalue weighted by Crippen LogP contribution is -2.57. The summed E-state index contributed by atoms with van der Waals surface area (Å²) in [5.41, 5.74) is 33.0. The van der Waals surface area contributed by atoms with Gasteiger partial charge in [-0.25, -0.2) is 0 Å². The Hall–Kier alpha value is -6.84. The molecular formula is C56H50B13NO. The van der Waals surface area contributed by atoms with Gasteiger partial charge in [-0.1, -0.05) is 164 Å². The number of furan rings is 1. The Bertz CT molecular complexity index is 3990. The predicted octanol–water partition coefficient (Wildman–Crippen LogP) is -6.61. The van der Waals surface area contributed by atoms with Crippen LogP contribution in [-0.2, 0) is 0 Å². The lowest BCUT2D eigenvalue weighted by molar-refractivity contribution is 0.673. The first-order chi connectivity index (χ1) is 34.2. The quantitative estimate of drug-likeness (QED) is 0.148. The molecule has 1 heterocycles. The number of fused-ring (bicyclic) bond motifs is 6. The van der Waals surface area contributed by atoms with Crippen molar-refractivity contribution in [2.45, 2.75) is 0 Å². The molecule has 324 valence electrons. The molecule has 11 aromatic rings. The van der Waals surface area contributed by atoms with Crippen molar-refractivity contribution in [3.8, 4) is 44.5 Å². The third-order valence-corrected chi connectivity index (χ3v) is 16.9. The molecule has 0 aliphatic heterocycles. The van der Waals surface area contributed by atoms with E-state index in [1.54, 1.807) is 0 Å². The van der Waals surface area contributed by atoms with Gasteiger partial charge in [0.2, 0.25) is 0 Å². The van der Waals surface area contributed by atoms with Crippen LogP contribution in [-0.4, -0.2) is 102 Å². The summed E-state index contributed by atoms with van der Waals surface area (Å²) >= 11 is 0. The Kier molecular flexibility index (Phi) is 11.7. The summed E-state index contributed by atoms with van der Waals surface area (Å²) in [6.45, 7) is 0. The molecule has 71 heavy (non-hydrogen) atoms. The number of para-hydroxylation sites is 1. The molecule has 0 spiro atoms. The third kappa shape index (κ3) is 7.28. The van der Waals surface area contributed by atoms with Crippen molar-refractivity contribution in [1.29, 1.82) is 0 Å². The molecule has 0 saturated carbocycles. The zero-order chi connectivity index (χ0) is 49.7. The molecule has 0 N–H and O–H groups in total. The lowest BCUT2D eigenvalue weighted by atomic mass is 9.55. The number of benzene rings is 10. The first kappa shape index (κ1) is 46.5. The summed E-state index contributed by atoms with van der Waals surface area (Å²) < 4.78 is 6.80. The molecule has 0 fully saturated rings. The molecule has 15 heteroatoms. The molecule has 0 unspecified atom stereocenters. The molecule has 0 saturated heterocycles. The molecule has 0 aliphatic rings. The van der Waals surface area contributed by atoms with E-state index in [4.69, 9.17) is 4.42 Å². The third-order valence-electron chi connectivity index (χ3n) is 16.9. The molecule has 0 bridgehead atoms. The molecule has 2 nitrogen and oxygen atoms in total. The van der Waals surface area contributed by atoms with Gasteiger partial charge in [0, 0.05) is 33.1 Å². The van der Waals surface area contributed by atoms with Crippen LogP contribution in [0.4, 0.5) is 17.1 Å². The van der Waals surface area contributed by atoms with Gasteiger partial charge in [0.1, 0.15) is 113 Å². The first-order valence-corrected chi connectivity index (χ1v) is 25.3. The summed E-state index contributed by atoms with van der Waals surface area (Å²) in [6.07, 6.45) is 0. The van der Waals surface area contributed by atoms with Crippen LogP contribution in [0, 0.1) is 0 Å². The van der Waals surface area contributed by atoms with Crippen LogP contribution in [0.2, 0.25) is 0 Å². The van der Waals surface area contributed by atoms with Crippen molar-refractivity contribution in [3.63, 3.8) is 0 Å². The van der Waals surface area contributed by atoms with Crippen LogP contribution in [0.3, 0.4) is 0 Å². The van der Waals surface area contributed by atoms with E-state index in [1.807, 2.05) is 0 Å². The van der Waals surface area contributed by atoms with E-state index in [-0.39, 0.29) is 0 Å². The number of rotatable bonds is 7. The molecule has 0 radical (unpaired) electrons. The highest BCUT2D eigenvalue weighted by atomic mass is 16.3. The Labute approximate surface area is 430 Å². The minimum Gasteiger partial charge on any atom is -0.455 e. The van der Waals surface area contributed by atoms with Gasteiger partial charge in [0.15, 0.2) is 0 Å². The van der Waals surface area contributed by atoms with Crippen LogP contribution < -0.4 is 75.9 Å². The summed E-state index contributed by atoms with van der Waals surface area (Å²) in [5.74, 6) is 0. The highest BCUT2D eigenvalue weighted by Gasteiger charge is 2.28. The van der Waals surface area contributed by atoms with E-state index in [0.29, 0.717) is 0 Å². The Morgan fingerprint density at radius 3 is 1.45 bits per heavy atom. The molecule has 0 aliphatic carbocycles. The second kappa shape index (κ2) is 17.8. The Morgan fingerprint density at radius 1 is 0.324 bits per heavy atom. The Morgan fingerprint density at radius 2 is 0.803 bits per heavy atom. The maximum atomic E-state index is 6.80. The van der Waals surface area contributed by atoms with E-state index < -0.39 is 0 Å². The van der Waals surface area contributed by atoms with E-state index in [1.165, 1.54) is 126 Å². The topological polar surface area (TPSA) is 16.4 Å². The minimum absolute atomic E-state index is 0.886. The van der Waals surface area contributed by atoms with Crippen LogP contribution in [0.15, 0.2) is 150 Å². The highest BCUT2D eigenvalue weighted by Crippen LogP contribution is 2.45. The smallest absolute Gasteiger partial charge is 0.143 e. The second-order valence-electron chi connectivity index (χ2n) is 20.4. The average Bonchev–Trinajstić information content (AvgIpc) is 3.79. The normalized spacial score (nSPS) is 11.5. The fourth-order valence-corrected chi connectivity index (χ4v) is 12.2. The van der Waals surface area contributed by atoms with Gasteiger partial charge in [-0.15, -0.1) is 16.4 Å². The first-order valence-electron chi connectivity index (χ1n) is 25.3. The van der Waals surface area contributed by atoms with Crippen molar-refractivity contribution in [2.75, 3.05) is 4.90 Å². The van der Waals surface area contributed by atoms with Crippen LogP contribution in [0.1, 0.15) is 0 Å². The van der Waals surface area contributed by atoms with Gasteiger partial charge >= 0.3 is 0 Å². The fourth-order valence-electron chi connectivity index (χ4n) is 12.2. The highest BCUT2D eigenvalue weighted by molar-refractivity contribution is 6.72. The van der Waals surface area contributed by atoms with Gasteiger partial charge in [-0.3, -0.25) is 0 Å². The second-order valence-corrected chi connectivity index (χ2v) is 20.4. The number of nitrogens with zero attached hydrogens (tertiary/aromatic N) is 1. The lowest BCUT2D eigenvalue weighted by Gasteiger charge is -2.35. The maximum Gasteiger partial charge on any atom is 0.143 e. The van der Waals surface area contributed by atoms with Crippen molar-refractivity contribution >= 4 is 234 Å². The van der Waals surface area contributed by atoms with Crippen molar-refractivity contribution in [2.24, 2.45) is 0 Å². The van der Waals surface area contributed by atoms with Crippen LogP contribution in [0.25, 0.3) is 88.0 Å². The average molecular weight is 894 g/mol. The fraction of sp³-hybridized carbons (Fsp3) is 0. The van der Waals surface area contributed by atoms with Gasteiger partial charge < -0.3 is 9.32 Å². The number of hydrogen-bond donors (Lipinski definition) is 0. The molecule has 0 amide bonds.